The number of methoxy groups -OCH3 is 1. The Bertz CT molecular complexity index is 458. The summed E-state index contributed by atoms with van der Waals surface area (Å²) in [4.78, 5) is 14.7. The molecule has 1 fully saturated rings. The van der Waals surface area contributed by atoms with Crippen molar-refractivity contribution in [3.8, 4) is 11.5 Å². The van der Waals surface area contributed by atoms with Crippen LogP contribution in [0.4, 0.5) is 4.79 Å². The minimum absolute atomic E-state index is 0.247. The summed E-state index contributed by atoms with van der Waals surface area (Å²) in [5.74, 6) is 1.31. The van der Waals surface area contributed by atoms with E-state index < -0.39 is 6.09 Å². The molecule has 0 aromatic carbocycles. The van der Waals surface area contributed by atoms with Gasteiger partial charge in [-0.25, -0.2) is 4.79 Å². The van der Waals surface area contributed by atoms with Crippen molar-refractivity contribution in [3.05, 3.63) is 18.0 Å². The lowest BCUT2D eigenvalue weighted by atomic mass is 10.2. The third kappa shape index (κ3) is 4.01. The van der Waals surface area contributed by atoms with Crippen LogP contribution in [0.25, 0.3) is 0 Å². The first-order valence-electron chi connectivity index (χ1n) is 6.85. The molecule has 0 saturated heterocycles. The second kappa shape index (κ2) is 6.98. The van der Waals surface area contributed by atoms with Gasteiger partial charge < -0.3 is 19.9 Å². The zero-order valence-electron chi connectivity index (χ0n) is 11.6. The lowest BCUT2D eigenvalue weighted by Crippen LogP contribution is -2.23. The van der Waals surface area contributed by atoms with Crippen LogP contribution in [-0.4, -0.2) is 35.9 Å². The van der Waals surface area contributed by atoms with E-state index >= 15 is 0 Å². The van der Waals surface area contributed by atoms with Crippen molar-refractivity contribution in [2.45, 2.75) is 38.2 Å². The topological polar surface area (TPSA) is 80.7 Å². The molecule has 1 aromatic heterocycles. The third-order valence-electron chi connectivity index (χ3n) is 3.36. The minimum Gasteiger partial charge on any atom is -0.491 e. The van der Waals surface area contributed by atoms with Crippen molar-refractivity contribution in [3.63, 3.8) is 0 Å². The Morgan fingerprint density at radius 1 is 1.45 bits per heavy atom. The number of hydrogen-bond donors (Lipinski definition) is 2. The Morgan fingerprint density at radius 2 is 2.20 bits per heavy atom. The van der Waals surface area contributed by atoms with Gasteiger partial charge in [0, 0.05) is 24.7 Å². The van der Waals surface area contributed by atoms with Gasteiger partial charge in [-0.05, 0) is 25.7 Å². The average molecular weight is 280 g/mol. The van der Waals surface area contributed by atoms with E-state index in [2.05, 4.69) is 10.3 Å². The molecule has 1 amide bonds. The molecule has 20 heavy (non-hydrogen) atoms. The summed E-state index contributed by atoms with van der Waals surface area (Å²) < 4.78 is 11.2. The van der Waals surface area contributed by atoms with Crippen LogP contribution in [0, 0.1) is 0 Å². The van der Waals surface area contributed by atoms with Gasteiger partial charge in [-0.1, -0.05) is 0 Å². The molecule has 6 heteroatoms. The summed E-state index contributed by atoms with van der Waals surface area (Å²) in [6.45, 7) is 0.331. The molecular formula is C14H20N2O4. The Balaban J connectivity index is 2.01. The molecule has 0 unspecified atom stereocenters. The molecule has 1 aliphatic rings. The predicted molar refractivity (Wildman–Crippen MR) is 73.4 cm³/mol. The maximum absolute atomic E-state index is 10.4. The molecule has 1 saturated carbocycles. The minimum atomic E-state index is -1.03. The number of nitrogens with one attached hydrogen (secondary N) is 1. The Morgan fingerprint density at radius 3 is 2.85 bits per heavy atom. The number of ether oxygens (including phenoxy) is 2. The number of aromatic nitrogens is 1. The molecule has 1 aliphatic carbocycles. The van der Waals surface area contributed by atoms with Crippen molar-refractivity contribution in [1.29, 1.82) is 0 Å². The van der Waals surface area contributed by atoms with Gasteiger partial charge in [0.1, 0.15) is 0 Å². The highest BCUT2D eigenvalue weighted by molar-refractivity contribution is 5.64. The number of hydrogen-bond acceptors (Lipinski definition) is 4. The molecule has 0 radical (unpaired) electrons. The smallest absolute Gasteiger partial charge is 0.404 e. The van der Waals surface area contributed by atoms with Crippen LogP contribution < -0.4 is 14.8 Å². The number of amides is 1. The Kier molecular flexibility index (Phi) is 5.03. The molecular weight excluding hydrogens is 260 g/mol. The first kappa shape index (κ1) is 14.4. The lowest BCUT2D eigenvalue weighted by molar-refractivity contribution is 0.194. The number of carbonyl (C=O) groups is 1. The quantitative estimate of drug-likeness (QED) is 0.835. The standard InChI is InChI=1S/C14H20N2O4/c1-19-13-9-16-10(6-7-15-14(17)18)8-12(13)20-11-4-2-3-5-11/h8-9,11,15H,2-7H2,1H3,(H,17,18). The molecule has 6 nitrogen and oxygen atoms in total. The van der Waals surface area contributed by atoms with Gasteiger partial charge in [0.15, 0.2) is 11.5 Å². The van der Waals surface area contributed by atoms with Crippen LogP contribution >= 0.6 is 0 Å². The highest BCUT2D eigenvalue weighted by atomic mass is 16.5. The number of pyridine rings is 1. The van der Waals surface area contributed by atoms with Crippen molar-refractivity contribution < 1.29 is 19.4 Å². The van der Waals surface area contributed by atoms with Crippen molar-refractivity contribution in [1.82, 2.24) is 10.3 Å². The summed E-state index contributed by atoms with van der Waals surface area (Å²) in [5, 5.41) is 10.9. The SMILES string of the molecule is COc1cnc(CCNC(=O)O)cc1OC1CCCC1. The van der Waals surface area contributed by atoms with Crippen molar-refractivity contribution in [2.24, 2.45) is 0 Å². The second-order valence-electron chi connectivity index (χ2n) is 4.83. The van der Waals surface area contributed by atoms with Gasteiger partial charge in [-0.15, -0.1) is 0 Å². The molecule has 110 valence electrons. The summed E-state index contributed by atoms with van der Waals surface area (Å²) in [6.07, 6.45) is 5.92. The van der Waals surface area contributed by atoms with Gasteiger partial charge in [-0.3, -0.25) is 4.98 Å². The molecule has 0 spiro atoms. The van der Waals surface area contributed by atoms with E-state index in [-0.39, 0.29) is 6.10 Å². The normalized spacial score (nSPS) is 15.1. The van der Waals surface area contributed by atoms with Crippen molar-refractivity contribution in [2.75, 3.05) is 13.7 Å². The van der Waals surface area contributed by atoms with Crippen LogP contribution in [0.3, 0.4) is 0 Å². The number of carboxylic acid groups (broad SMARTS) is 1. The van der Waals surface area contributed by atoms with E-state index in [1.807, 2.05) is 6.07 Å². The highest BCUT2D eigenvalue weighted by Gasteiger charge is 2.18. The van der Waals surface area contributed by atoms with Gasteiger partial charge in [0.05, 0.1) is 19.4 Å². The van der Waals surface area contributed by atoms with Crippen molar-refractivity contribution >= 4 is 6.09 Å². The van der Waals surface area contributed by atoms with Crippen LogP contribution in [0.2, 0.25) is 0 Å². The summed E-state index contributed by atoms with van der Waals surface area (Å²) in [7, 11) is 1.59. The van der Waals surface area contributed by atoms with Gasteiger partial charge in [0.2, 0.25) is 0 Å². The fourth-order valence-electron chi connectivity index (χ4n) is 2.33. The molecule has 0 aliphatic heterocycles. The third-order valence-corrected chi connectivity index (χ3v) is 3.36. The Labute approximate surface area is 118 Å². The molecule has 2 N–H and O–H groups in total. The number of nitrogens with zero attached hydrogens (tertiary/aromatic N) is 1. The first-order valence-corrected chi connectivity index (χ1v) is 6.85. The Hall–Kier alpha value is -1.98. The zero-order valence-corrected chi connectivity index (χ0v) is 11.6. The maximum atomic E-state index is 10.4. The summed E-state index contributed by atoms with van der Waals surface area (Å²) in [6, 6.07) is 1.83. The van der Waals surface area contributed by atoms with E-state index in [9.17, 15) is 4.79 Å². The van der Waals surface area contributed by atoms with Crippen LogP contribution in [0.5, 0.6) is 11.5 Å². The lowest BCUT2D eigenvalue weighted by Gasteiger charge is -2.16. The van der Waals surface area contributed by atoms with Crippen LogP contribution in [0.1, 0.15) is 31.4 Å². The van der Waals surface area contributed by atoms with Gasteiger partial charge in [-0.2, -0.15) is 0 Å². The molecule has 2 rings (SSSR count). The summed E-state index contributed by atoms with van der Waals surface area (Å²) in [5.41, 5.74) is 0.785. The fraction of sp³-hybridized carbons (Fsp3) is 0.571. The van der Waals surface area contributed by atoms with E-state index in [0.717, 1.165) is 18.5 Å². The monoisotopic (exact) mass is 280 g/mol. The highest BCUT2D eigenvalue weighted by Crippen LogP contribution is 2.31. The summed E-state index contributed by atoms with van der Waals surface area (Å²) >= 11 is 0. The van der Waals surface area contributed by atoms with Gasteiger partial charge in [0.25, 0.3) is 0 Å². The molecule has 0 bridgehead atoms. The zero-order chi connectivity index (χ0) is 14.4. The molecule has 1 heterocycles. The first-order chi connectivity index (χ1) is 9.69. The number of rotatable bonds is 6. The average Bonchev–Trinajstić information content (AvgIpc) is 2.91. The van der Waals surface area contributed by atoms with Gasteiger partial charge >= 0.3 is 6.09 Å². The molecule has 0 atom stereocenters. The van der Waals surface area contributed by atoms with Crippen LogP contribution in [-0.2, 0) is 6.42 Å². The fourth-order valence-corrected chi connectivity index (χ4v) is 2.33. The van der Waals surface area contributed by atoms with E-state index in [0.29, 0.717) is 24.5 Å². The van der Waals surface area contributed by atoms with E-state index in [1.165, 1.54) is 12.8 Å². The second-order valence-corrected chi connectivity index (χ2v) is 4.83. The molecule has 1 aromatic rings. The largest absolute Gasteiger partial charge is 0.491 e. The van der Waals surface area contributed by atoms with Crippen LogP contribution in [0.15, 0.2) is 12.3 Å². The maximum Gasteiger partial charge on any atom is 0.404 e. The predicted octanol–water partition coefficient (Wildman–Crippen LogP) is 2.22. The van der Waals surface area contributed by atoms with E-state index in [1.54, 1.807) is 13.3 Å². The van der Waals surface area contributed by atoms with E-state index in [4.69, 9.17) is 14.6 Å².